The Hall–Kier alpha value is -0.570. The van der Waals surface area contributed by atoms with Crippen molar-refractivity contribution in [1.82, 2.24) is 10.2 Å². The summed E-state index contributed by atoms with van der Waals surface area (Å²) < 4.78 is 0. The van der Waals surface area contributed by atoms with Crippen molar-refractivity contribution in [3.05, 3.63) is 0 Å². The van der Waals surface area contributed by atoms with Gasteiger partial charge in [-0.1, -0.05) is 34.1 Å². The van der Waals surface area contributed by atoms with Crippen LogP contribution in [0, 0.1) is 5.92 Å². The fourth-order valence-corrected chi connectivity index (χ4v) is 1.62. The highest BCUT2D eigenvalue weighted by atomic mass is 16.1. The highest BCUT2D eigenvalue weighted by Crippen LogP contribution is 2.03. The van der Waals surface area contributed by atoms with Crippen molar-refractivity contribution < 1.29 is 4.79 Å². The molecule has 1 N–H and O–H groups in total. The molecule has 0 aromatic carbocycles. The normalized spacial score (nSPS) is 12.9. The van der Waals surface area contributed by atoms with Crippen LogP contribution in [0.25, 0.3) is 0 Å². The van der Waals surface area contributed by atoms with Gasteiger partial charge in [-0.15, -0.1) is 0 Å². The molecule has 0 saturated carbocycles. The summed E-state index contributed by atoms with van der Waals surface area (Å²) in [5, 5.41) is 2.99. The topological polar surface area (TPSA) is 32.3 Å². The Morgan fingerprint density at radius 3 is 2.33 bits per heavy atom. The maximum absolute atomic E-state index is 11.6. The summed E-state index contributed by atoms with van der Waals surface area (Å²) in [6.07, 6.45) is 2.06. The van der Waals surface area contributed by atoms with E-state index in [9.17, 15) is 4.79 Å². The molecule has 0 fully saturated rings. The Kier molecular flexibility index (Phi) is 8.38. The van der Waals surface area contributed by atoms with E-state index in [-0.39, 0.29) is 11.8 Å². The lowest BCUT2D eigenvalue weighted by molar-refractivity contribution is -0.124. The van der Waals surface area contributed by atoms with Gasteiger partial charge in [-0.2, -0.15) is 0 Å². The second kappa shape index (κ2) is 8.72. The van der Waals surface area contributed by atoms with Crippen LogP contribution in [0.1, 0.15) is 40.5 Å². The van der Waals surface area contributed by atoms with Crippen molar-refractivity contribution in [1.29, 1.82) is 0 Å². The summed E-state index contributed by atoms with van der Waals surface area (Å²) in [7, 11) is 0. The van der Waals surface area contributed by atoms with E-state index >= 15 is 0 Å². The zero-order valence-corrected chi connectivity index (χ0v) is 10.7. The van der Waals surface area contributed by atoms with Crippen molar-refractivity contribution in [3.8, 4) is 0 Å². The molecule has 3 nitrogen and oxygen atoms in total. The molecular weight excluding hydrogens is 188 g/mol. The van der Waals surface area contributed by atoms with Crippen LogP contribution in [0.3, 0.4) is 0 Å². The van der Waals surface area contributed by atoms with Crippen LogP contribution in [0.15, 0.2) is 0 Å². The number of nitrogens with one attached hydrogen (secondary N) is 1. The molecule has 1 unspecified atom stereocenters. The summed E-state index contributed by atoms with van der Waals surface area (Å²) in [5.41, 5.74) is 0. The molecular formula is C12H26N2O. The van der Waals surface area contributed by atoms with Gasteiger partial charge in [0.05, 0.1) is 0 Å². The zero-order chi connectivity index (χ0) is 11.7. The minimum Gasteiger partial charge on any atom is -0.355 e. The largest absolute Gasteiger partial charge is 0.355 e. The van der Waals surface area contributed by atoms with Gasteiger partial charge in [-0.25, -0.2) is 0 Å². The molecule has 1 atom stereocenters. The molecule has 0 radical (unpaired) electrons. The van der Waals surface area contributed by atoms with Crippen molar-refractivity contribution in [2.24, 2.45) is 5.92 Å². The number of nitrogens with zero attached hydrogens (tertiary/aromatic N) is 1. The minimum absolute atomic E-state index is 0.159. The minimum atomic E-state index is 0.159. The summed E-state index contributed by atoms with van der Waals surface area (Å²) in [6.45, 7) is 12.2. The van der Waals surface area contributed by atoms with Crippen LogP contribution in [-0.2, 0) is 4.79 Å². The van der Waals surface area contributed by atoms with Crippen molar-refractivity contribution >= 4 is 5.91 Å². The van der Waals surface area contributed by atoms with E-state index in [0.717, 1.165) is 39.0 Å². The zero-order valence-electron chi connectivity index (χ0n) is 10.7. The fraction of sp³-hybridized carbons (Fsp3) is 0.917. The summed E-state index contributed by atoms with van der Waals surface area (Å²) in [6, 6.07) is 0. The Morgan fingerprint density at radius 2 is 1.87 bits per heavy atom. The van der Waals surface area contributed by atoms with Crippen molar-refractivity contribution in [2.45, 2.75) is 40.5 Å². The average Bonchev–Trinajstić information content (AvgIpc) is 2.24. The third kappa shape index (κ3) is 6.50. The SMILES string of the molecule is CCCC(C)C(=O)NCCN(CC)CC. The predicted octanol–water partition coefficient (Wildman–Crippen LogP) is 1.88. The van der Waals surface area contributed by atoms with Gasteiger partial charge in [0.1, 0.15) is 0 Å². The molecule has 0 spiro atoms. The highest BCUT2D eigenvalue weighted by molar-refractivity contribution is 5.78. The molecule has 0 aliphatic carbocycles. The maximum Gasteiger partial charge on any atom is 0.222 e. The van der Waals surface area contributed by atoms with Gasteiger partial charge >= 0.3 is 0 Å². The molecule has 0 aromatic rings. The Labute approximate surface area is 94.2 Å². The molecule has 0 heterocycles. The standard InChI is InChI=1S/C12H26N2O/c1-5-8-11(4)12(15)13-9-10-14(6-2)7-3/h11H,5-10H2,1-4H3,(H,13,15). The van der Waals surface area contributed by atoms with Gasteiger partial charge in [0.15, 0.2) is 0 Å². The van der Waals surface area contributed by atoms with E-state index in [1.807, 2.05) is 6.92 Å². The van der Waals surface area contributed by atoms with E-state index in [1.54, 1.807) is 0 Å². The number of carbonyl (C=O) groups is 1. The first kappa shape index (κ1) is 14.4. The van der Waals surface area contributed by atoms with Gasteiger partial charge in [0, 0.05) is 19.0 Å². The van der Waals surface area contributed by atoms with E-state index in [0.29, 0.717) is 0 Å². The molecule has 15 heavy (non-hydrogen) atoms. The van der Waals surface area contributed by atoms with E-state index in [2.05, 4.69) is 31.0 Å². The average molecular weight is 214 g/mol. The quantitative estimate of drug-likeness (QED) is 0.669. The first-order valence-electron chi connectivity index (χ1n) is 6.15. The second-order valence-corrected chi connectivity index (χ2v) is 4.01. The number of hydrogen-bond acceptors (Lipinski definition) is 2. The molecule has 0 rings (SSSR count). The van der Waals surface area contributed by atoms with Gasteiger partial charge in [0.2, 0.25) is 5.91 Å². The Balaban J connectivity index is 3.62. The maximum atomic E-state index is 11.6. The predicted molar refractivity (Wildman–Crippen MR) is 64.9 cm³/mol. The lowest BCUT2D eigenvalue weighted by Crippen LogP contribution is -2.37. The number of hydrogen-bond donors (Lipinski definition) is 1. The number of rotatable bonds is 8. The van der Waals surface area contributed by atoms with Gasteiger partial charge < -0.3 is 10.2 Å². The number of amides is 1. The lowest BCUT2D eigenvalue weighted by atomic mass is 10.1. The van der Waals surface area contributed by atoms with Crippen molar-refractivity contribution in [2.75, 3.05) is 26.2 Å². The molecule has 0 aliphatic heterocycles. The number of likely N-dealkylation sites (N-methyl/N-ethyl adjacent to an activating group) is 1. The molecule has 0 bridgehead atoms. The lowest BCUT2D eigenvalue weighted by Gasteiger charge is -2.19. The third-order valence-corrected chi connectivity index (χ3v) is 2.79. The fourth-order valence-electron chi connectivity index (χ4n) is 1.62. The first-order valence-corrected chi connectivity index (χ1v) is 6.15. The van der Waals surface area contributed by atoms with Crippen molar-refractivity contribution in [3.63, 3.8) is 0 Å². The summed E-state index contributed by atoms with van der Waals surface area (Å²) >= 11 is 0. The van der Waals surface area contributed by atoms with E-state index in [1.165, 1.54) is 0 Å². The van der Waals surface area contributed by atoms with Gasteiger partial charge in [-0.05, 0) is 19.5 Å². The molecule has 0 aromatic heterocycles. The van der Waals surface area contributed by atoms with Crippen LogP contribution in [0.5, 0.6) is 0 Å². The molecule has 0 saturated heterocycles. The van der Waals surface area contributed by atoms with Crippen LogP contribution in [0.4, 0.5) is 0 Å². The van der Waals surface area contributed by atoms with Gasteiger partial charge in [0.25, 0.3) is 0 Å². The van der Waals surface area contributed by atoms with Crippen LogP contribution in [-0.4, -0.2) is 37.0 Å². The molecule has 1 amide bonds. The van der Waals surface area contributed by atoms with E-state index in [4.69, 9.17) is 0 Å². The smallest absolute Gasteiger partial charge is 0.222 e. The Bertz CT molecular complexity index is 167. The summed E-state index contributed by atoms with van der Waals surface area (Å²) in [4.78, 5) is 13.9. The highest BCUT2D eigenvalue weighted by Gasteiger charge is 2.10. The van der Waals surface area contributed by atoms with Crippen LogP contribution in [0.2, 0.25) is 0 Å². The molecule has 0 aliphatic rings. The molecule has 3 heteroatoms. The monoisotopic (exact) mass is 214 g/mol. The Morgan fingerprint density at radius 1 is 1.27 bits per heavy atom. The van der Waals surface area contributed by atoms with Crippen LogP contribution < -0.4 is 5.32 Å². The van der Waals surface area contributed by atoms with E-state index < -0.39 is 0 Å². The second-order valence-electron chi connectivity index (χ2n) is 4.01. The third-order valence-electron chi connectivity index (χ3n) is 2.79. The molecule has 90 valence electrons. The summed E-state index contributed by atoms with van der Waals surface area (Å²) in [5.74, 6) is 0.357. The first-order chi connectivity index (χ1) is 7.15. The number of carbonyl (C=O) groups excluding carboxylic acids is 1. The van der Waals surface area contributed by atoms with Crippen LogP contribution >= 0.6 is 0 Å². The van der Waals surface area contributed by atoms with Gasteiger partial charge in [-0.3, -0.25) is 4.79 Å².